The van der Waals surface area contributed by atoms with Crippen LogP contribution in [0.2, 0.25) is 0 Å². The number of fused-ring (bicyclic) bond motifs is 1. The van der Waals surface area contributed by atoms with E-state index in [9.17, 15) is 4.79 Å². The van der Waals surface area contributed by atoms with Crippen LogP contribution in [0.25, 0.3) is 16.9 Å². The minimum absolute atomic E-state index is 0.140. The van der Waals surface area contributed by atoms with Crippen molar-refractivity contribution < 1.29 is 9.47 Å². The number of hydrogen-bond donors (Lipinski definition) is 2. The van der Waals surface area contributed by atoms with E-state index in [2.05, 4.69) is 29.2 Å². The van der Waals surface area contributed by atoms with Crippen LogP contribution in [-0.2, 0) is 6.54 Å². The third-order valence-electron chi connectivity index (χ3n) is 5.46. The van der Waals surface area contributed by atoms with Crippen molar-refractivity contribution >= 4 is 5.65 Å². The molecule has 0 unspecified atom stereocenters. The molecule has 8 nitrogen and oxygen atoms in total. The molecule has 4 aromatic rings. The van der Waals surface area contributed by atoms with Crippen molar-refractivity contribution in [3.8, 4) is 22.8 Å². The summed E-state index contributed by atoms with van der Waals surface area (Å²) in [5.41, 5.74) is 3.68. The quantitative estimate of drug-likeness (QED) is 0.441. The first-order valence-electron chi connectivity index (χ1n) is 10.5. The SMILES string of the molecule is COc1cccc(OC)c1CN[C@@H](c1cc(=O)n2[nH]c(-c3cccnc3)cc2n1)C(C)C. The lowest BCUT2D eigenvalue weighted by molar-refractivity contribution is 0.365. The Morgan fingerprint density at radius 1 is 1.09 bits per heavy atom. The smallest absolute Gasteiger partial charge is 0.272 e. The molecule has 3 heterocycles. The number of H-pyrrole nitrogens is 1. The zero-order valence-electron chi connectivity index (χ0n) is 18.6. The minimum atomic E-state index is -0.164. The molecule has 0 fully saturated rings. The van der Waals surface area contributed by atoms with Crippen LogP contribution in [0.3, 0.4) is 0 Å². The van der Waals surface area contributed by atoms with Gasteiger partial charge in [-0.05, 0) is 30.2 Å². The summed E-state index contributed by atoms with van der Waals surface area (Å²) >= 11 is 0. The van der Waals surface area contributed by atoms with E-state index in [0.29, 0.717) is 17.9 Å². The zero-order chi connectivity index (χ0) is 22.7. The number of aromatic amines is 1. The van der Waals surface area contributed by atoms with Gasteiger partial charge in [0.1, 0.15) is 11.5 Å². The standard InChI is InChI=1S/C24H27N5O3/c1-15(2)24(26-14-17-20(31-3)8-5-9-21(17)32-4)19-12-23(30)29-22(27-19)11-18(28-29)16-7-6-10-25-13-16/h5-13,15,24,26,28H,14H2,1-4H3/t24-/m1/s1. The van der Waals surface area contributed by atoms with Gasteiger partial charge < -0.3 is 14.8 Å². The molecule has 1 atom stereocenters. The number of nitrogens with one attached hydrogen (secondary N) is 2. The molecule has 0 aliphatic heterocycles. The fourth-order valence-corrected chi connectivity index (χ4v) is 3.83. The number of benzene rings is 1. The Kier molecular flexibility index (Phi) is 6.23. The van der Waals surface area contributed by atoms with E-state index in [-0.39, 0.29) is 17.5 Å². The second-order valence-electron chi connectivity index (χ2n) is 7.87. The Morgan fingerprint density at radius 2 is 1.84 bits per heavy atom. The maximum atomic E-state index is 12.9. The zero-order valence-corrected chi connectivity index (χ0v) is 18.6. The van der Waals surface area contributed by atoms with Gasteiger partial charge in [-0.15, -0.1) is 0 Å². The Balaban J connectivity index is 1.67. The van der Waals surface area contributed by atoms with Gasteiger partial charge in [-0.3, -0.25) is 14.9 Å². The van der Waals surface area contributed by atoms with Gasteiger partial charge in [0.05, 0.1) is 31.6 Å². The average molecular weight is 434 g/mol. The number of hydrogen-bond acceptors (Lipinski definition) is 6. The average Bonchev–Trinajstić information content (AvgIpc) is 3.24. The van der Waals surface area contributed by atoms with Crippen molar-refractivity contribution in [2.45, 2.75) is 26.4 Å². The molecular formula is C24H27N5O3. The summed E-state index contributed by atoms with van der Waals surface area (Å²) in [6.45, 7) is 4.70. The van der Waals surface area contributed by atoms with E-state index >= 15 is 0 Å². The number of aromatic nitrogens is 4. The molecule has 0 bridgehead atoms. The molecule has 32 heavy (non-hydrogen) atoms. The number of methoxy groups -OCH3 is 2. The predicted octanol–water partition coefficient (Wildman–Crippen LogP) is 3.59. The molecule has 0 saturated heterocycles. The summed E-state index contributed by atoms with van der Waals surface area (Å²) < 4.78 is 12.5. The monoisotopic (exact) mass is 433 g/mol. The Bertz CT molecular complexity index is 1240. The lowest BCUT2D eigenvalue weighted by Crippen LogP contribution is -2.29. The van der Waals surface area contributed by atoms with Gasteiger partial charge in [0.2, 0.25) is 0 Å². The van der Waals surface area contributed by atoms with Crippen LogP contribution < -0.4 is 20.3 Å². The second kappa shape index (κ2) is 9.23. The van der Waals surface area contributed by atoms with Gasteiger partial charge in [-0.25, -0.2) is 9.50 Å². The summed E-state index contributed by atoms with van der Waals surface area (Å²) in [6, 6.07) is 12.8. The molecule has 3 aromatic heterocycles. The summed E-state index contributed by atoms with van der Waals surface area (Å²) in [5.74, 6) is 1.69. The van der Waals surface area contributed by atoms with Gasteiger partial charge in [0.15, 0.2) is 5.65 Å². The van der Waals surface area contributed by atoms with E-state index in [1.54, 1.807) is 32.7 Å². The van der Waals surface area contributed by atoms with E-state index in [4.69, 9.17) is 14.5 Å². The minimum Gasteiger partial charge on any atom is -0.496 e. The first-order chi connectivity index (χ1) is 15.5. The Morgan fingerprint density at radius 3 is 2.47 bits per heavy atom. The molecule has 0 aliphatic carbocycles. The highest BCUT2D eigenvalue weighted by molar-refractivity contribution is 5.63. The number of nitrogens with zero attached hydrogens (tertiary/aromatic N) is 3. The highest BCUT2D eigenvalue weighted by Gasteiger charge is 2.21. The lowest BCUT2D eigenvalue weighted by atomic mass is 10.00. The van der Waals surface area contributed by atoms with Crippen LogP contribution in [0.15, 0.2) is 59.7 Å². The van der Waals surface area contributed by atoms with E-state index in [1.807, 2.05) is 36.4 Å². The van der Waals surface area contributed by atoms with Gasteiger partial charge in [0, 0.05) is 42.2 Å². The van der Waals surface area contributed by atoms with Gasteiger partial charge in [-0.1, -0.05) is 19.9 Å². The first-order valence-corrected chi connectivity index (χ1v) is 10.5. The summed E-state index contributed by atoms with van der Waals surface area (Å²) in [4.78, 5) is 21.8. The van der Waals surface area contributed by atoms with Crippen molar-refractivity contribution in [1.82, 2.24) is 24.9 Å². The molecule has 166 valence electrons. The van der Waals surface area contributed by atoms with Crippen molar-refractivity contribution in [3.05, 3.63) is 76.5 Å². The van der Waals surface area contributed by atoms with E-state index in [0.717, 1.165) is 28.3 Å². The maximum Gasteiger partial charge on any atom is 0.272 e. The lowest BCUT2D eigenvalue weighted by Gasteiger charge is -2.23. The fourth-order valence-electron chi connectivity index (χ4n) is 3.83. The molecule has 8 heteroatoms. The molecule has 0 saturated carbocycles. The van der Waals surface area contributed by atoms with Crippen LogP contribution in [-0.4, -0.2) is 33.8 Å². The Hall–Kier alpha value is -3.65. The van der Waals surface area contributed by atoms with Gasteiger partial charge in [-0.2, -0.15) is 0 Å². The highest BCUT2D eigenvalue weighted by Crippen LogP contribution is 2.30. The molecule has 1 aromatic carbocycles. The molecule has 0 amide bonds. The molecule has 0 aliphatic rings. The number of rotatable bonds is 8. The number of pyridine rings is 1. The summed E-state index contributed by atoms with van der Waals surface area (Å²) in [5, 5.41) is 6.65. The van der Waals surface area contributed by atoms with Crippen LogP contribution in [0.4, 0.5) is 0 Å². The van der Waals surface area contributed by atoms with Gasteiger partial charge >= 0.3 is 0 Å². The molecule has 4 rings (SSSR count). The number of ether oxygens (including phenoxy) is 2. The summed E-state index contributed by atoms with van der Waals surface area (Å²) in [6.07, 6.45) is 3.46. The normalized spacial score (nSPS) is 12.3. The molecule has 0 spiro atoms. The van der Waals surface area contributed by atoms with Crippen LogP contribution >= 0.6 is 0 Å². The van der Waals surface area contributed by atoms with Crippen LogP contribution in [0, 0.1) is 5.92 Å². The van der Waals surface area contributed by atoms with E-state index < -0.39 is 0 Å². The third kappa shape index (κ3) is 4.22. The highest BCUT2D eigenvalue weighted by atomic mass is 16.5. The van der Waals surface area contributed by atoms with Crippen molar-refractivity contribution in [2.24, 2.45) is 5.92 Å². The predicted molar refractivity (Wildman–Crippen MR) is 123 cm³/mol. The maximum absolute atomic E-state index is 12.9. The first kappa shape index (κ1) is 21.6. The third-order valence-corrected chi connectivity index (χ3v) is 5.46. The van der Waals surface area contributed by atoms with Crippen LogP contribution in [0.1, 0.15) is 31.1 Å². The van der Waals surface area contributed by atoms with Crippen LogP contribution in [0.5, 0.6) is 11.5 Å². The molecule has 2 N–H and O–H groups in total. The van der Waals surface area contributed by atoms with Crippen molar-refractivity contribution in [3.63, 3.8) is 0 Å². The molecular weight excluding hydrogens is 406 g/mol. The molecule has 0 radical (unpaired) electrons. The second-order valence-corrected chi connectivity index (χ2v) is 7.87. The van der Waals surface area contributed by atoms with E-state index in [1.165, 1.54) is 4.52 Å². The van der Waals surface area contributed by atoms with Crippen molar-refractivity contribution in [1.29, 1.82) is 0 Å². The van der Waals surface area contributed by atoms with Crippen molar-refractivity contribution in [2.75, 3.05) is 14.2 Å². The largest absolute Gasteiger partial charge is 0.496 e. The summed E-state index contributed by atoms with van der Waals surface area (Å²) in [7, 11) is 3.28. The van der Waals surface area contributed by atoms with Gasteiger partial charge in [0.25, 0.3) is 5.56 Å². The topological polar surface area (TPSA) is 93.5 Å². The fraction of sp³-hybridized carbons (Fsp3) is 0.292. The Labute approximate surface area is 186 Å².